The highest BCUT2D eigenvalue weighted by molar-refractivity contribution is 5.77. The first-order chi connectivity index (χ1) is 6.77. The van der Waals surface area contributed by atoms with Gasteiger partial charge in [-0.2, -0.15) is 0 Å². The molecular weight excluding hydrogens is 178 g/mol. The van der Waals surface area contributed by atoms with E-state index >= 15 is 0 Å². The molecule has 0 aromatic carbocycles. The minimum atomic E-state index is 0.0883. The zero-order chi connectivity index (χ0) is 10.4. The van der Waals surface area contributed by atoms with E-state index in [0.717, 1.165) is 6.54 Å². The molecule has 1 fully saturated rings. The summed E-state index contributed by atoms with van der Waals surface area (Å²) in [6.45, 7) is 1.96. The number of hydrogen-bond donors (Lipinski definition) is 2. The van der Waals surface area contributed by atoms with Gasteiger partial charge in [-0.3, -0.25) is 9.69 Å². The first kappa shape index (κ1) is 11.5. The predicted molar refractivity (Wildman–Crippen MR) is 57.0 cm³/mol. The maximum atomic E-state index is 11.3. The van der Waals surface area contributed by atoms with Gasteiger partial charge in [0.25, 0.3) is 0 Å². The Labute approximate surface area is 85.8 Å². The maximum absolute atomic E-state index is 11.3. The number of carbonyl (C=O) groups excluding carboxylic acids is 1. The summed E-state index contributed by atoms with van der Waals surface area (Å²) in [7, 11) is 1.68. The zero-order valence-electron chi connectivity index (χ0n) is 8.96. The smallest absolute Gasteiger partial charge is 0.233 e. The number of nitrogens with two attached hydrogens (primary N) is 1. The second kappa shape index (κ2) is 5.98. The zero-order valence-corrected chi connectivity index (χ0v) is 8.96. The minimum absolute atomic E-state index is 0.0883. The van der Waals surface area contributed by atoms with Crippen molar-refractivity contribution in [2.45, 2.75) is 31.7 Å². The van der Waals surface area contributed by atoms with Crippen molar-refractivity contribution in [2.75, 3.05) is 26.7 Å². The molecule has 14 heavy (non-hydrogen) atoms. The number of rotatable bonds is 5. The first-order valence-electron chi connectivity index (χ1n) is 5.42. The Morgan fingerprint density at radius 2 is 2.14 bits per heavy atom. The van der Waals surface area contributed by atoms with Crippen LogP contribution in [0.25, 0.3) is 0 Å². The van der Waals surface area contributed by atoms with Gasteiger partial charge in [-0.1, -0.05) is 12.8 Å². The maximum Gasteiger partial charge on any atom is 0.233 e. The molecule has 1 aliphatic rings. The van der Waals surface area contributed by atoms with Crippen LogP contribution in [0.3, 0.4) is 0 Å². The lowest BCUT2D eigenvalue weighted by atomic mass is 10.2. The highest BCUT2D eigenvalue weighted by Crippen LogP contribution is 2.22. The van der Waals surface area contributed by atoms with Crippen LogP contribution in [0, 0.1) is 0 Å². The lowest BCUT2D eigenvalue weighted by Crippen LogP contribution is -2.43. The van der Waals surface area contributed by atoms with Crippen LogP contribution in [0.2, 0.25) is 0 Å². The monoisotopic (exact) mass is 199 g/mol. The van der Waals surface area contributed by atoms with Crippen LogP contribution in [0.15, 0.2) is 0 Å². The second-order valence-electron chi connectivity index (χ2n) is 3.87. The van der Waals surface area contributed by atoms with Gasteiger partial charge in [-0.15, -0.1) is 0 Å². The van der Waals surface area contributed by atoms with Gasteiger partial charge in [0, 0.05) is 26.2 Å². The molecule has 1 aliphatic carbocycles. The molecule has 4 heteroatoms. The van der Waals surface area contributed by atoms with E-state index in [9.17, 15) is 4.79 Å². The Hall–Kier alpha value is -0.610. The molecule has 0 saturated heterocycles. The van der Waals surface area contributed by atoms with Gasteiger partial charge in [-0.25, -0.2) is 0 Å². The van der Waals surface area contributed by atoms with E-state index in [4.69, 9.17) is 5.73 Å². The normalized spacial score (nSPS) is 17.6. The molecule has 0 heterocycles. The first-order valence-corrected chi connectivity index (χ1v) is 5.42. The molecule has 1 amide bonds. The summed E-state index contributed by atoms with van der Waals surface area (Å²) in [6, 6.07) is 0.579. The second-order valence-corrected chi connectivity index (χ2v) is 3.87. The Bertz CT molecular complexity index is 178. The summed E-state index contributed by atoms with van der Waals surface area (Å²) in [6.07, 6.45) is 5.02. The van der Waals surface area contributed by atoms with Crippen LogP contribution in [-0.2, 0) is 4.79 Å². The molecule has 0 radical (unpaired) electrons. The van der Waals surface area contributed by atoms with E-state index in [0.29, 0.717) is 19.1 Å². The van der Waals surface area contributed by atoms with E-state index in [1.165, 1.54) is 25.7 Å². The minimum Gasteiger partial charge on any atom is -0.358 e. The quantitative estimate of drug-likeness (QED) is 0.652. The molecular formula is C10H21N3O. The number of nitrogens with one attached hydrogen (secondary N) is 1. The van der Waals surface area contributed by atoms with Gasteiger partial charge in [0.05, 0.1) is 6.54 Å². The van der Waals surface area contributed by atoms with Gasteiger partial charge in [-0.05, 0) is 12.8 Å². The summed E-state index contributed by atoms with van der Waals surface area (Å²) in [4.78, 5) is 13.5. The van der Waals surface area contributed by atoms with Crippen molar-refractivity contribution in [2.24, 2.45) is 5.73 Å². The molecule has 3 N–H and O–H groups in total. The molecule has 1 rings (SSSR count). The number of carbonyl (C=O) groups is 1. The molecule has 0 unspecified atom stereocenters. The Morgan fingerprint density at radius 1 is 1.50 bits per heavy atom. The fourth-order valence-electron chi connectivity index (χ4n) is 2.09. The van der Waals surface area contributed by atoms with E-state index in [-0.39, 0.29) is 5.91 Å². The SMILES string of the molecule is CNC(=O)CN(CCN)C1CCCC1. The summed E-state index contributed by atoms with van der Waals surface area (Å²) < 4.78 is 0. The Balaban J connectivity index is 2.40. The van der Waals surface area contributed by atoms with E-state index in [1.807, 2.05) is 0 Å². The predicted octanol–water partition coefficient (Wildman–Crippen LogP) is -0.0643. The number of likely N-dealkylation sites (N-methyl/N-ethyl adjacent to an activating group) is 1. The van der Waals surface area contributed by atoms with Gasteiger partial charge < -0.3 is 11.1 Å². The largest absolute Gasteiger partial charge is 0.358 e. The fraction of sp³-hybridized carbons (Fsp3) is 0.900. The fourth-order valence-corrected chi connectivity index (χ4v) is 2.09. The summed E-state index contributed by atoms with van der Waals surface area (Å²) in [5, 5.41) is 2.66. The summed E-state index contributed by atoms with van der Waals surface area (Å²) in [5.41, 5.74) is 5.54. The third kappa shape index (κ3) is 3.27. The average Bonchev–Trinajstić information content (AvgIpc) is 2.69. The average molecular weight is 199 g/mol. The van der Waals surface area contributed by atoms with Crippen molar-refractivity contribution in [3.05, 3.63) is 0 Å². The standard InChI is InChI=1S/C10H21N3O/c1-12-10(14)8-13(7-6-11)9-4-2-3-5-9/h9H,2-8,11H2,1H3,(H,12,14). The number of hydrogen-bond acceptors (Lipinski definition) is 3. The van der Waals surface area contributed by atoms with Gasteiger partial charge in [0.1, 0.15) is 0 Å². The lowest BCUT2D eigenvalue weighted by molar-refractivity contribution is -0.122. The Morgan fingerprint density at radius 3 is 2.64 bits per heavy atom. The summed E-state index contributed by atoms with van der Waals surface area (Å²) >= 11 is 0. The lowest BCUT2D eigenvalue weighted by Gasteiger charge is -2.27. The van der Waals surface area contributed by atoms with Crippen LogP contribution in [-0.4, -0.2) is 43.5 Å². The van der Waals surface area contributed by atoms with Crippen LogP contribution in [0.5, 0.6) is 0 Å². The van der Waals surface area contributed by atoms with Crippen molar-refractivity contribution in [1.82, 2.24) is 10.2 Å². The van der Waals surface area contributed by atoms with E-state index < -0.39 is 0 Å². The molecule has 1 saturated carbocycles. The number of nitrogens with zero attached hydrogens (tertiary/aromatic N) is 1. The van der Waals surface area contributed by atoms with Crippen LogP contribution in [0.1, 0.15) is 25.7 Å². The van der Waals surface area contributed by atoms with Crippen molar-refractivity contribution in [3.8, 4) is 0 Å². The highest BCUT2D eigenvalue weighted by atomic mass is 16.1. The van der Waals surface area contributed by atoms with Crippen LogP contribution in [0.4, 0.5) is 0 Å². The summed E-state index contributed by atoms with van der Waals surface area (Å²) in [5.74, 6) is 0.0883. The molecule has 0 aromatic heterocycles. The van der Waals surface area contributed by atoms with Gasteiger partial charge in [0.15, 0.2) is 0 Å². The topological polar surface area (TPSA) is 58.4 Å². The van der Waals surface area contributed by atoms with E-state index in [2.05, 4.69) is 10.2 Å². The van der Waals surface area contributed by atoms with Crippen LogP contribution < -0.4 is 11.1 Å². The highest BCUT2D eigenvalue weighted by Gasteiger charge is 2.23. The van der Waals surface area contributed by atoms with Crippen molar-refractivity contribution < 1.29 is 4.79 Å². The van der Waals surface area contributed by atoms with Crippen molar-refractivity contribution in [3.63, 3.8) is 0 Å². The van der Waals surface area contributed by atoms with Crippen molar-refractivity contribution >= 4 is 5.91 Å². The number of amides is 1. The van der Waals surface area contributed by atoms with Gasteiger partial charge >= 0.3 is 0 Å². The van der Waals surface area contributed by atoms with Crippen molar-refractivity contribution in [1.29, 1.82) is 0 Å². The molecule has 0 aromatic rings. The van der Waals surface area contributed by atoms with Crippen LogP contribution >= 0.6 is 0 Å². The molecule has 4 nitrogen and oxygen atoms in total. The van der Waals surface area contributed by atoms with Gasteiger partial charge in [0.2, 0.25) is 5.91 Å². The third-order valence-corrected chi connectivity index (χ3v) is 2.88. The third-order valence-electron chi connectivity index (χ3n) is 2.88. The molecule has 0 spiro atoms. The molecule has 0 atom stereocenters. The molecule has 0 bridgehead atoms. The Kier molecular flexibility index (Phi) is 4.90. The molecule has 82 valence electrons. The van der Waals surface area contributed by atoms with E-state index in [1.54, 1.807) is 7.05 Å². The molecule has 0 aliphatic heterocycles.